The van der Waals surface area contributed by atoms with Crippen LogP contribution in [0.3, 0.4) is 0 Å². The van der Waals surface area contributed by atoms with Crippen molar-refractivity contribution in [2.45, 2.75) is 72.1 Å². The molecule has 1 aliphatic heterocycles. The van der Waals surface area contributed by atoms with Crippen LogP contribution in [0.1, 0.15) is 57.5 Å². The molecule has 0 spiro atoms. The van der Waals surface area contributed by atoms with E-state index in [0.29, 0.717) is 24.5 Å². The summed E-state index contributed by atoms with van der Waals surface area (Å²) in [6.07, 6.45) is 0.566. The highest BCUT2D eigenvalue weighted by molar-refractivity contribution is 7.09. The van der Waals surface area contributed by atoms with Crippen molar-refractivity contribution in [2.75, 3.05) is 51.2 Å². The number of thiophene rings is 1. The number of hydrogen-bond acceptors (Lipinski definition) is 8. The molecule has 2 amide bonds. The van der Waals surface area contributed by atoms with E-state index < -0.39 is 29.2 Å². The van der Waals surface area contributed by atoms with Gasteiger partial charge in [-0.15, -0.1) is 11.3 Å². The maximum absolute atomic E-state index is 12.3. The summed E-state index contributed by atoms with van der Waals surface area (Å²) >= 11 is 7.61. The van der Waals surface area contributed by atoms with Gasteiger partial charge in [0.2, 0.25) is 0 Å². The first-order valence-electron chi connectivity index (χ1n) is 16.9. The molecule has 1 aromatic heterocycles. The predicted molar refractivity (Wildman–Crippen MR) is 201 cm³/mol. The summed E-state index contributed by atoms with van der Waals surface area (Å²) in [5, 5.41) is 14.4. The first-order valence-corrected chi connectivity index (χ1v) is 18.2. The summed E-state index contributed by atoms with van der Waals surface area (Å²) in [5.74, 6) is -1.69. The lowest BCUT2D eigenvalue weighted by molar-refractivity contribution is -0.141. The zero-order valence-corrected chi connectivity index (χ0v) is 32.0. The van der Waals surface area contributed by atoms with E-state index in [9.17, 15) is 19.5 Å². The SMILES string of the molecule is CC(C)(C)OC(=O)NCC(Cc1ccc(Cl)cc1)C(=O)O.CN(CCc1cccs1)Cc1ccccc1N1CCN(C(=O)OC(C)(C)C)CC1. The van der Waals surface area contributed by atoms with Crippen molar-refractivity contribution >= 4 is 46.8 Å². The molecule has 10 nitrogen and oxygen atoms in total. The molecule has 0 aliphatic carbocycles. The molecule has 1 unspecified atom stereocenters. The van der Waals surface area contributed by atoms with E-state index in [1.165, 1.54) is 16.1 Å². The highest BCUT2D eigenvalue weighted by Crippen LogP contribution is 2.24. The van der Waals surface area contributed by atoms with Gasteiger partial charge >= 0.3 is 18.2 Å². The Morgan fingerprint density at radius 1 is 0.920 bits per heavy atom. The largest absolute Gasteiger partial charge is 0.481 e. The number of likely N-dealkylation sites (N-methyl/N-ethyl adjacent to an activating group) is 1. The topological polar surface area (TPSA) is 112 Å². The Hall–Kier alpha value is -3.80. The number of carbonyl (C=O) groups is 3. The van der Waals surface area contributed by atoms with E-state index >= 15 is 0 Å². The monoisotopic (exact) mass is 728 g/mol. The molecular weight excluding hydrogens is 676 g/mol. The molecule has 3 aromatic rings. The molecule has 2 N–H and O–H groups in total. The maximum atomic E-state index is 12.3. The van der Waals surface area contributed by atoms with Gasteiger partial charge < -0.3 is 34.6 Å². The van der Waals surface area contributed by atoms with Gasteiger partial charge in [-0.05, 0) is 102 Å². The summed E-state index contributed by atoms with van der Waals surface area (Å²) < 4.78 is 10.6. The number of nitrogens with one attached hydrogen (secondary N) is 1. The van der Waals surface area contributed by atoms with Crippen molar-refractivity contribution in [1.82, 2.24) is 15.1 Å². The normalized spacial score (nSPS) is 14.0. The smallest absolute Gasteiger partial charge is 0.410 e. The number of halogens is 1. The van der Waals surface area contributed by atoms with E-state index in [1.54, 1.807) is 45.0 Å². The Bertz CT molecular complexity index is 1500. The van der Waals surface area contributed by atoms with Gasteiger partial charge in [-0.1, -0.05) is 48.0 Å². The molecule has 0 bridgehead atoms. The lowest BCUT2D eigenvalue weighted by Crippen LogP contribution is -2.50. The number of piperazine rings is 1. The standard InChI is InChI=1S/C23H33N3O2S.C15H20ClNO4/c1-23(2,3)28-22(27)26-15-13-25(14-16-26)21-10-6-5-8-19(21)18-24(4)12-11-20-9-7-17-29-20;1-15(2,3)21-14(20)17-9-11(13(18)19)8-10-4-6-12(16)7-5-10/h5-10,17H,11-16,18H2,1-4H3;4-7,11H,8-9H2,1-3H3,(H,17,20)(H,18,19). The lowest BCUT2D eigenvalue weighted by atomic mass is 9.99. The molecule has 1 atom stereocenters. The van der Waals surface area contributed by atoms with E-state index in [-0.39, 0.29) is 12.6 Å². The van der Waals surface area contributed by atoms with Gasteiger partial charge in [-0.25, -0.2) is 9.59 Å². The summed E-state index contributed by atoms with van der Waals surface area (Å²) in [6.45, 7) is 16.0. The highest BCUT2D eigenvalue weighted by Gasteiger charge is 2.27. The number of alkyl carbamates (subject to hydrolysis) is 1. The molecule has 2 aromatic carbocycles. The van der Waals surface area contributed by atoms with Crippen LogP contribution < -0.4 is 10.2 Å². The number of rotatable bonds is 11. The molecule has 50 heavy (non-hydrogen) atoms. The van der Waals surface area contributed by atoms with Crippen molar-refractivity contribution < 1.29 is 29.0 Å². The van der Waals surface area contributed by atoms with Gasteiger partial charge in [0.15, 0.2) is 0 Å². The summed E-state index contributed by atoms with van der Waals surface area (Å²) in [7, 11) is 2.19. The number of anilines is 1. The van der Waals surface area contributed by atoms with E-state index in [4.69, 9.17) is 21.1 Å². The second-order valence-electron chi connectivity index (χ2n) is 14.4. The van der Waals surface area contributed by atoms with Crippen molar-refractivity contribution in [3.8, 4) is 0 Å². The number of ether oxygens (including phenoxy) is 2. The first kappa shape index (κ1) is 40.6. The number of para-hydroxylation sites is 1. The van der Waals surface area contributed by atoms with Crippen LogP contribution in [0.15, 0.2) is 66.0 Å². The third kappa shape index (κ3) is 15.0. The molecular formula is C38H53ClN4O6S. The third-order valence-electron chi connectivity index (χ3n) is 7.66. The maximum Gasteiger partial charge on any atom is 0.410 e. The van der Waals surface area contributed by atoms with Gasteiger partial charge in [0.05, 0.1) is 5.92 Å². The van der Waals surface area contributed by atoms with Gasteiger partial charge in [-0.2, -0.15) is 0 Å². The molecule has 0 saturated carbocycles. The van der Waals surface area contributed by atoms with Crippen LogP contribution in [-0.2, 0) is 33.7 Å². The van der Waals surface area contributed by atoms with Crippen molar-refractivity contribution in [3.05, 3.63) is 87.1 Å². The van der Waals surface area contributed by atoms with Crippen LogP contribution in [0, 0.1) is 5.92 Å². The van der Waals surface area contributed by atoms with Gasteiger partial charge in [-0.3, -0.25) is 4.79 Å². The zero-order chi connectivity index (χ0) is 36.9. The fourth-order valence-electron chi connectivity index (χ4n) is 5.21. The minimum Gasteiger partial charge on any atom is -0.481 e. The van der Waals surface area contributed by atoms with Crippen molar-refractivity contribution in [2.24, 2.45) is 5.92 Å². The molecule has 274 valence electrons. The number of carboxylic acid groups (broad SMARTS) is 1. The number of amides is 2. The number of benzene rings is 2. The minimum absolute atomic E-state index is 0.00682. The Kier molecular flexibility index (Phi) is 15.4. The molecule has 12 heteroatoms. The molecule has 2 heterocycles. The molecule has 4 rings (SSSR count). The fraction of sp³-hybridized carbons (Fsp3) is 0.500. The lowest BCUT2D eigenvalue weighted by Gasteiger charge is -2.37. The second-order valence-corrected chi connectivity index (χ2v) is 15.9. The second kappa shape index (κ2) is 19.0. The fourth-order valence-corrected chi connectivity index (χ4v) is 6.03. The molecule has 0 radical (unpaired) electrons. The number of aliphatic carboxylic acids is 1. The zero-order valence-electron chi connectivity index (χ0n) is 30.4. The molecule has 1 saturated heterocycles. The van der Waals surface area contributed by atoms with E-state index in [1.807, 2.05) is 37.0 Å². The van der Waals surface area contributed by atoms with Crippen LogP contribution in [0.5, 0.6) is 0 Å². The Morgan fingerprint density at radius 3 is 2.14 bits per heavy atom. The number of hydrogen-bond donors (Lipinski definition) is 2. The quantitative estimate of drug-likeness (QED) is 0.208. The molecule has 1 fully saturated rings. The minimum atomic E-state index is -0.971. The van der Waals surface area contributed by atoms with Gasteiger partial charge in [0.25, 0.3) is 0 Å². The Labute approximate surface area is 306 Å². The van der Waals surface area contributed by atoms with Crippen LogP contribution in [0.4, 0.5) is 15.3 Å². The first-order chi connectivity index (χ1) is 23.5. The van der Waals surface area contributed by atoms with Gasteiger partial charge in [0, 0.05) is 61.4 Å². The van der Waals surface area contributed by atoms with Crippen molar-refractivity contribution in [3.63, 3.8) is 0 Å². The van der Waals surface area contributed by atoms with E-state index in [2.05, 4.69) is 63.9 Å². The average molecular weight is 729 g/mol. The number of nitrogens with zero attached hydrogens (tertiary/aromatic N) is 3. The molecule has 1 aliphatic rings. The summed E-state index contributed by atoms with van der Waals surface area (Å²) in [4.78, 5) is 43.1. The number of carbonyl (C=O) groups excluding carboxylic acids is 2. The Balaban J connectivity index is 0.000000286. The van der Waals surface area contributed by atoms with Crippen molar-refractivity contribution in [1.29, 1.82) is 0 Å². The van der Waals surface area contributed by atoms with Crippen LogP contribution in [-0.4, -0.2) is 90.6 Å². The third-order valence-corrected chi connectivity index (χ3v) is 8.85. The van der Waals surface area contributed by atoms with Crippen LogP contribution >= 0.6 is 22.9 Å². The van der Waals surface area contributed by atoms with Crippen LogP contribution in [0.25, 0.3) is 0 Å². The predicted octanol–water partition coefficient (Wildman–Crippen LogP) is 7.59. The van der Waals surface area contributed by atoms with E-state index in [0.717, 1.165) is 38.2 Å². The van der Waals surface area contributed by atoms with Gasteiger partial charge in [0.1, 0.15) is 11.2 Å². The Morgan fingerprint density at radius 2 is 1.56 bits per heavy atom. The van der Waals surface area contributed by atoms with Crippen LogP contribution in [0.2, 0.25) is 5.02 Å². The summed E-state index contributed by atoms with van der Waals surface area (Å²) in [5.41, 5.74) is 2.40. The number of carboxylic acids is 1. The highest BCUT2D eigenvalue weighted by atomic mass is 35.5. The summed E-state index contributed by atoms with van der Waals surface area (Å²) in [6, 6.07) is 19.9. The average Bonchev–Trinajstić information content (AvgIpc) is 3.56.